The van der Waals surface area contributed by atoms with E-state index < -0.39 is 10.8 Å². The molecule has 1 fully saturated rings. The van der Waals surface area contributed by atoms with Gasteiger partial charge in [-0.3, -0.25) is 4.21 Å². The first-order valence-electron chi connectivity index (χ1n) is 5.87. The summed E-state index contributed by atoms with van der Waals surface area (Å²) in [5.74, 6) is 1.81. The molecule has 0 aromatic rings. The Morgan fingerprint density at radius 1 is 1.36 bits per heavy atom. The maximum absolute atomic E-state index is 11.2. The maximum atomic E-state index is 11.2. The predicted octanol–water partition coefficient (Wildman–Crippen LogP) is 2.07. The molecule has 1 aliphatic heterocycles. The third-order valence-electron chi connectivity index (χ3n) is 2.99. The van der Waals surface area contributed by atoms with Gasteiger partial charge in [-0.15, -0.1) is 0 Å². The Balaban J connectivity index is 2.24. The van der Waals surface area contributed by atoms with Crippen molar-refractivity contribution in [2.45, 2.75) is 58.0 Å². The average molecular weight is 217 g/mol. The Kier molecular flexibility index (Phi) is 5.71. The highest BCUT2D eigenvalue weighted by atomic mass is 32.2. The van der Waals surface area contributed by atoms with E-state index in [2.05, 4.69) is 19.2 Å². The fourth-order valence-electron chi connectivity index (χ4n) is 2.05. The highest BCUT2D eigenvalue weighted by Crippen LogP contribution is 2.12. The van der Waals surface area contributed by atoms with E-state index >= 15 is 0 Å². The molecule has 0 bridgehead atoms. The van der Waals surface area contributed by atoms with Gasteiger partial charge in [0.1, 0.15) is 0 Å². The molecule has 0 spiro atoms. The Morgan fingerprint density at radius 2 is 2.00 bits per heavy atom. The van der Waals surface area contributed by atoms with Crippen molar-refractivity contribution in [1.29, 1.82) is 0 Å². The zero-order chi connectivity index (χ0) is 10.4. The largest absolute Gasteiger partial charge is 0.311 e. The Morgan fingerprint density at radius 3 is 2.50 bits per heavy atom. The lowest BCUT2D eigenvalue weighted by Crippen LogP contribution is -2.41. The van der Waals surface area contributed by atoms with Crippen LogP contribution in [0.2, 0.25) is 0 Å². The second-order valence-electron chi connectivity index (χ2n) is 4.18. The molecule has 84 valence electrons. The second kappa shape index (κ2) is 6.57. The molecule has 1 atom stereocenters. The van der Waals surface area contributed by atoms with Crippen LogP contribution in [-0.2, 0) is 10.8 Å². The van der Waals surface area contributed by atoms with Gasteiger partial charge in [0.05, 0.1) is 0 Å². The standard InChI is InChI=1S/C11H23NOS/c1-3-5-10(4-2)12-11-6-8-14(13)9-7-11/h10-12H,3-9H2,1-2H3. The molecular weight excluding hydrogens is 194 g/mol. The highest BCUT2D eigenvalue weighted by molar-refractivity contribution is 7.85. The molecule has 3 heteroatoms. The van der Waals surface area contributed by atoms with Gasteiger partial charge < -0.3 is 5.32 Å². The number of nitrogens with one attached hydrogen (secondary N) is 1. The minimum atomic E-state index is -0.521. The quantitative estimate of drug-likeness (QED) is 0.764. The fourth-order valence-corrected chi connectivity index (χ4v) is 3.35. The molecule has 0 saturated carbocycles. The molecule has 1 heterocycles. The number of hydrogen-bond donors (Lipinski definition) is 1. The summed E-state index contributed by atoms with van der Waals surface area (Å²) < 4.78 is 11.2. The van der Waals surface area contributed by atoms with Crippen molar-refractivity contribution in [3.05, 3.63) is 0 Å². The Bertz CT molecular complexity index is 174. The predicted molar refractivity (Wildman–Crippen MR) is 63.0 cm³/mol. The van der Waals surface area contributed by atoms with E-state index in [0.717, 1.165) is 24.3 Å². The van der Waals surface area contributed by atoms with Crippen molar-refractivity contribution in [3.8, 4) is 0 Å². The molecular formula is C11H23NOS. The third-order valence-corrected chi connectivity index (χ3v) is 4.37. The van der Waals surface area contributed by atoms with Gasteiger partial charge in [-0.1, -0.05) is 20.3 Å². The van der Waals surface area contributed by atoms with Crippen molar-refractivity contribution >= 4 is 10.8 Å². The lowest BCUT2D eigenvalue weighted by atomic mass is 10.1. The van der Waals surface area contributed by atoms with E-state index in [1.165, 1.54) is 19.3 Å². The van der Waals surface area contributed by atoms with E-state index in [1.54, 1.807) is 0 Å². The molecule has 1 saturated heterocycles. The van der Waals surface area contributed by atoms with Crippen LogP contribution >= 0.6 is 0 Å². The van der Waals surface area contributed by atoms with E-state index in [0.29, 0.717) is 12.1 Å². The average Bonchev–Trinajstić information content (AvgIpc) is 2.20. The van der Waals surface area contributed by atoms with Gasteiger partial charge in [0.15, 0.2) is 0 Å². The van der Waals surface area contributed by atoms with Crippen molar-refractivity contribution in [1.82, 2.24) is 5.32 Å². The molecule has 1 unspecified atom stereocenters. The first-order chi connectivity index (χ1) is 6.76. The van der Waals surface area contributed by atoms with Gasteiger partial charge in [-0.05, 0) is 25.7 Å². The lowest BCUT2D eigenvalue weighted by Gasteiger charge is -2.27. The van der Waals surface area contributed by atoms with Crippen molar-refractivity contribution in [2.24, 2.45) is 0 Å². The van der Waals surface area contributed by atoms with Gasteiger partial charge in [0.2, 0.25) is 0 Å². The minimum absolute atomic E-state index is 0.521. The van der Waals surface area contributed by atoms with Crippen LogP contribution in [0.15, 0.2) is 0 Å². The first-order valence-corrected chi connectivity index (χ1v) is 7.36. The molecule has 1 aliphatic rings. The van der Waals surface area contributed by atoms with Crippen LogP contribution in [0, 0.1) is 0 Å². The molecule has 0 amide bonds. The van der Waals surface area contributed by atoms with Crippen LogP contribution in [0.3, 0.4) is 0 Å². The van der Waals surface area contributed by atoms with Crippen LogP contribution in [0.1, 0.15) is 46.0 Å². The molecule has 1 N–H and O–H groups in total. The van der Waals surface area contributed by atoms with Gasteiger partial charge >= 0.3 is 0 Å². The molecule has 0 aromatic heterocycles. The third kappa shape index (κ3) is 4.09. The molecule has 0 radical (unpaired) electrons. The van der Waals surface area contributed by atoms with Crippen molar-refractivity contribution < 1.29 is 4.21 Å². The Hall–Kier alpha value is 0.110. The highest BCUT2D eigenvalue weighted by Gasteiger charge is 2.19. The zero-order valence-electron chi connectivity index (χ0n) is 9.42. The molecule has 1 rings (SSSR count). The monoisotopic (exact) mass is 217 g/mol. The molecule has 2 nitrogen and oxygen atoms in total. The second-order valence-corrected chi connectivity index (χ2v) is 5.88. The van der Waals surface area contributed by atoms with Gasteiger partial charge in [-0.2, -0.15) is 0 Å². The summed E-state index contributed by atoms with van der Waals surface area (Å²) >= 11 is 0. The SMILES string of the molecule is CCCC(CC)NC1CCS(=O)CC1. The lowest BCUT2D eigenvalue weighted by molar-refractivity contribution is 0.377. The fraction of sp³-hybridized carbons (Fsp3) is 1.00. The normalized spacial score (nSPS) is 30.1. The van der Waals surface area contributed by atoms with Crippen molar-refractivity contribution in [3.63, 3.8) is 0 Å². The van der Waals surface area contributed by atoms with Gasteiger partial charge in [0.25, 0.3) is 0 Å². The summed E-state index contributed by atoms with van der Waals surface area (Å²) in [4.78, 5) is 0. The summed E-state index contributed by atoms with van der Waals surface area (Å²) in [6.45, 7) is 4.48. The topological polar surface area (TPSA) is 29.1 Å². The van der Waals surface area contributed by atoms with Crippen LogP contribution in [0.4, 0.5) is 0 Å². The van der Waals surface area contributed by atoms with E-state index in [-0.39, 0.29) is 0 Å². The Labute approximate surface area is 90.3 Å². The minimum Gasteiger partial charge on any atom is -0.311 e. The van der Waals surface area contributed by atoms with Crippen LogP contribution < -0.4 is 5.32 Å². The van der Waals surface area contributed by atoms with E-state index in [1.807, 2.05) is 0 Å². The first kappa shape index (κ1) is 12.2. The molecule has 14 heavy (non-hydrogen) atoms. The summed E-state index contributed by atoms with van der Waals surface area (Å²) in [6.07, 6.45) is 5.95. The zero-order valence-corrected chi connectivity index (χ0v) is 10.2. The smallest absolute Gasteiger partial charge is 0.0249 e. The van der Waals surface area contributed by atoms with Crippen molar-refractivity contribution in [2.75, 3.05) is 11.5 Å². The molecule has 0 aliphatic carbocycles. The van der Waals surface area contributed by atoms with Gasteiger partial charge in [-0.25, -0.2) is 0 Å². The summed E-state index contributed by atoms with van der Waals surface area (Å²) in [5.41, 5.74) is 0. The van der Waals surface area contributed by atoms with Crippen LogP contribution in [-0.4, -0.2) is 27.8 Å². The summed E-state index contributed by atoms with van der Waals surface area (Å²) in [6, 6.07) is 1.31. The van der Waals surface area contributed by atoms with E-state index in [4.69, 9.17) is 0 Å². The maximum Gasteiger partial charge on any atom is 0.0249 e. The summed E-state index contributed by atoms with van der Waals surface area (Å²) in [7, 11) is -0.521. The van der Waals surface area contributed by atoms with Crippen LogP contribution in [0.5, 0.6) is 0 Å². The number of rotatable bonds is 5. The van der Waals surface area contributed by atoms with Crippen LogP contribution in [0.25, 0.3) is 0 Å². The van der Waals surface area contributed by atoms with Gasteiger partial charge in [0, 0.05) is 34.4 Å². The molecule has 0 aromatic carbocycles. The summed E-state index contributed by atoms with van der Waals surface area (Å²) in [5, 5.41) is 3.69. The number of hydrogen-bond acceptors (Lipinski definition) is 2. The van der Waals surface area contributed by atoms with E-state index in [9.17, 15) is 4.21 Å².